The van der Waals surface area contributed by atoms with Crippen LogP contribution in [0.3, 0.4) is 0 Å². The number of urea groups is 1. The molecule has 14 heteroatoms. The van der Waals surface area contributed by atoms with Crippen molar-refractivity contribution >= 4 is 46.4 Å². The molecule has 13 nitrogen and oxygen atoms in total. The lowest BCUT2D eigenvalue weighted by Gasteiger charge is -2.55. The number of ether oxygens (including phenoxy) is 2. The van der Waals surface area contributed by atoms with Crippen LogP contribution < -0.4 is 20.4 Å². The van der Waals surface area contributed by atoms with Crippen molar-refractivity contribution in [1.82, 2.24) is 20.7 Å². The largest absolute Gasteiger partial charge is 0.444 e. The molecule has 41 heavy (non-hydrogen) atoms. The van der Waals surface area contributed by atoms with E-state index in [1.54, 1.807) is 43.6 Å². The van der Waals surface area contributed by atoms with E-state index in [9.17, 15) is 19.2 Å². The van der Waals surface area contributed by atoms with Crippen LogP contribution in [-0.2, 0) is 25.5 Å². The van der Waals surface area contributed by atoms with Crippen LogP contribution in [0.25, 0.3) is 11.0 Å². The molecule has 0 unspecified atom stereocenters. The lowest BCUT2D eigenvalue weighted by molar-refractivity contribution is -0.153. The van der Waals surface area contributed by atoms with Gasteiger partial charge in [0.05, 0.1) is 29.3 Å². The number of aromatic nitrogens is 1. The Morgan fingerprint density at radius 1 is 1.12 bits per heavy atom. The van der Waals surface area contributed by atoms with E-state index >= 15 is 4.39 Å². The molecule has 0 bridgehead atoms. The minimum Gasteiger partial charge on any atom is -0.444 e. The normalized spacial score (nSPS) is 26.0. The molecule has 0 saturated carbocycles. The SMILES string of the molecule is C[C@H]1CN2c3c(cc4c(N5CCN(C(=O)OC(C)(C)C)CC5)noc4c3F)CC3(C(=O)NC(=O)NC3=O)[C@@H]2[C@@H](C)O1. The van der Waals surface area contributed by atoms with E-state index in [4.69, 9.17) is 14.0 Å². The van der Waals surface area contributed by atoms with Crippen LogP contribution in [0.15, 0.2) is 10.6 Å². The number of carbonyl (C=O) groups is 4. The number of anilines is 2. The fraction of sp³-hybridized carbons (Fsp3) is 0.593. The first kappa shape index (κ1) is 27.2. The predicted molar refractivity (Wildman–Crippen MR) is 143 cm³/mol. The molecule has 0 aliphatic carbocycles. The highest BCUT2D eigenvalue weighted by atomic mass is 19.1. The summed E-state index contributed by atoms with van der Waals surface area (Å²) in [5.74, 6) is -1.74. The number of carbonyl (C=O) groups excluding carboxylic acids is 4. The van der Waals surface area contributed by atoms with Crippen molar-refractivity contribution in [3.63, 3.8) is 0 Å². The number of imide groups is 2. The number of hydrogen-bond acceptors (Lipinski definition) is 10. The fourth-order valence-electron chi connectivity index (χ4n) is 6.59. The lowest BCUT2D eigenvalue weighted by Crippen LogP contribution is -2.75. The van der Waals surface area contributed by atoms with Gasteiger partial charge in [-0.15, -0.1) is 0 Å². The molecule has 3 saturated heterocycles. The molecular weight excluding hydrogens is 539 g/mol. The Balaban J connectivity index is 1.38. The number of benzene rings is 1. The van der Waals surface area contributed by atoms with Gasteiger partial charge >= 0.3 is 12.1 Å². The highest BCUT2D eigenvalue weighted by Gasteiger charge is 2.63. The Morgan fingerprint density at radius 3 is 2.41 bits per heavy atom. The Morgan fingerprint density at radius 2 is 1.78 bits per heavy atom. The molecule has 1 aromatic heterocycles. The lowest BCUT2D eigenvalue weighted by atomic mass is 9.66. The van der Waals surface area contributed by atoms with E-state index < -0.39 is 52.9 Å². The Kier molecular flexibility index (Phi) is 6.17. The zero-order chi connectivity index (χ0) is 29.4. The van der Waals surface area contributed by atoms with E-state index in [0.29, 0.717) is 42.9 Å². The van der Waals surface area contributed by atoms with Crippen molar-refractivity contribution in [3.05, 3.63) is 17.4 Å². The first-order valence-corrected chi connectivity index (χ1v) is 13.7. The van der Waals surface area contributed by atoms with Crippen LogP contribution in [0.2, 0.25) is 0 Å². The standard InChI is InChI=1S/C27H33FN6O7/c1-13-12-34-18-15(11-27(20(34)14(2)39-13)22(35)29-24(37)30-23(27)36)10-16-19(17(18)28)41-31-21(16)32-6-8-33(9-7-32)25(38)40-26(3,4)5/h10,13-14,20H,6-9,11-12H2,1-5H3,(H2,29,30,35,36,37)/t13-,14+,20-/m0/s1. The van der Waals surface area contributed by atoms with Gasteiger partial charge in [0.1, 0.15) is 5.60 Å². The second-order valence-electron chi connectivity index (χ2n) is 12.2. The van der Waals surface area contributed by atoms with Gasteiger partial charge in [-0.2, -0.15) is 0 Å². The minimum absolute atomic E-state index is 0.0393. The first-order chi connectivity index (χ1) is 19.3. The van der Waals surface area contributed by atoms with E-state index in [2.05, 4.69) is 15.8 Å². The molecule has 220 valence electrons. The second kappa shape index (κ2) is 9.29. The van der Waals surface area contributed by atoms with Gasteiger partial charge in [0.15, 0.2) is 17.1 Å². The molecule has 0 radical (unpaired) electrons. The fourth-order valence-corrected chi connectivity index (χ4v) is 6.59. The Hall–Kier alpha value is -3.94. The Bertz CT molecular complexity index is 1440. The summed E-state index contributed by atoms with van der Waals surface area (Å²) >= 11 is 0. The van der Waals surface area contributed by atoms with Gasteiger partial charge in [0, 0.05) is 39.1 Å². The molecule has 5 amide bonds. The zero-order valence-electron chi connectivity index (χ0n) is 23.6. The van der Waals surface area contributed by atoms with Gasteiger partial charge in [-0.1, -0.05) is 5.16 Å². The minimum atomic E-state index is -1.73. The number of halogens is 1. The molecule has 4 aliphatic rings. The maximum atomic E-state index is 16.3. The van der Waals surface area contributed by atoms with Crippen molar-refractivity contribution in [1.29, 1.82) is 0 Å². The summed E-state index contributed by atoms with van der Waals surface area (Å²) < 4.78 is 33.3. The smallest absolute Gasteiger partial charge is 0.410 e. The zero-order valence-corrected chi connectivity index (χ0v) is 23.6. The number of barbiturate groups is 1. The number of amides is 5. The van der Waals surface area contributed by atoms with E-state index in [1.807, 2.05) is 11.8 Å². The summed E-state index contributed by atoms with van der Waals surface area (Å²) in [6.07, 6.45) is -1.50. The summed E-state index contributed by atoms with van der Waals surface area (Å²) in [5, 5.41) is 9.05. The first-order valence-electron chi connectivity index (χ1n) is 13.7. The highest BCUT2D eigenvalue weighted by Crippen LogP contribution is 2.49. The van der Waals surface area contributed by atoms with Gasteiger partial charge < -0.3 is 28.7 Å². The third-order valence-corrected chi connectivity index (χ3v) is 8.18. The maximum absolute atomic E-state index is 16.3. The molecule has 5 heterocycles. The van der Waals surface area contributed by atoms with E-state index in [0.717, 1.165) is 0 Å². The van der Waals surface area contributed by atoms with Crippen LogP contribution in [0.1, 0.15) is 40.2 Å². The number of nitrogens with one attached hydrogen (secondary N) is 2. The van der Waals surface area contributed by atoms with Crippen LogP contribution >= 0.6 is 0 Å². The summed E-state index contributed by atoms with van der Waals surface area (Å²) in [4.78, 5) is 56.5. The molecule has 2 aromatic rings. The van der Waals surface area contributed by atoms with E-state index in [-0.39, 0.29) is 30.3 Å². The number of fused-ring (bicyclic) bond motifs is 5. The highest BCUT2D eigenvalue weighted by molar-refractivity contribution is 6.20. The van der Waals surface area contributed by atoms with Crippen molar-refractivity contribution in [3.8, 4) is 0 Å². The van der Waals surface area contributed by atoms with Gasteiger partial charge in [0.25, 0.3) is 0 Å². The third-order valence-electron chi connectivity index (χ3n) is 8.18. The molecule has 1 aromatic carbocycles. The third kappa shape index (κ3) is 4.26. The number of rotatable bonds is 1. The molecule has 4 aliphatic heterocycles. The number of nitrogens with zero attached hydrogens (tertiary/aromatic N) is 4. The molecule has 6 rings (SSSR count). The molecule has 2 N–H and O–H groups in total. The number of hydrogen-bond donors (Lipinski definition) is 2. The monoisotopic (exact) mass is 572 g/mol. The van der Waals surface area contributed by atoms with Crippen molar-refractivity contribution in [2.24, 2.45) is 5.41 Å². The average molecular weight is 573 g/mol. The average Bonchev–Trinajstić information content (AvgIpc) is 3.30. The van der Waals surface area contributed by atoms with Crippen molar-refractivity contribution in [2.75, 3.05) is 42.5 Å². The quantitative estimate of drug-likeness (QED) is 0.486. The van der Waals surface area contributed by atoms with Gasteiger partial charge in [-0.25, -0.2) is 14.0 Å². The molecule has 3 fully saturated rings. The van der Waals surface area contributed by atoms with Gasteiger partial charge in [-0.3, -0.25) is 20.2 Å². The maximum Gasteiger partial charge on any atom is 0.410 e. The van der Waals surface area contributed by atoms with Crippen molar-refractivity contribution in [2.45, 2.75) is 64.9 Å². The molecule has 3 atom stereocenters. The van der Waals surface area contributed by atoms with Crippen LogP contribution in [-0.4, -0.2) is 90.6 Å². The number of morpholine rings is 1. The topological polar surface area (TPSA) is 147 Å². The Labute approximate surface area is 235 Å². The van der Waals surface area contributed by atoms with Crippen molar-refractivity contribution < 1.29 is 37.6 Å². The van der Waals surface area contributed by atoms with Gasteiger partial charge in [-0.05, 0) is 46.2 Å². The number of piperazine rings is 1. The summed E-state index contributed by atoms with van der Waals surface area (Å²) in [6.45, 7) is 10.8. The molecular formula is C27H33FN6O7. The second-order valence-corrected chi connectivity index (χ2v) is 12.2. The summed E-state index contributed by atoms with van der Waals surface area (Å²) in [7, 11) is 0. The predicted octanol–water partition coefficient (Wildman–Crippen LogP) is 1.91. The van der Waals surface area contributed by atoms with Gasteiger partial charge in [0.2, 0.25) is 17.4 Å². The summed E-state index contributed by atoms with van der Waals surface area (Å²) in [6, 6.07) is -0.0525. The van der Waals surface area contributed by atoms with Crippen LogP contribution in [0, 0.1) is 11.2 Å². The molecule has 1 spiro atoms. The summed E-state index contributed by atoms with van der Waals surface area (Å²) in [5.41, 5.74) is -1.73. The van der Waals surface area contributed by atoms with Crippen LogP contribution in [0.4, 0.5) is 25.5 Å². The van der Waals surface area contributed by atoms with E-state index in [1.165, 1.54) is 0 Å². The van der Waals surface area contributed by atoms with Crippen LogP contribution in [0.5, 0.6) is 0 Å².